The number of hydrogen-bond donors (Lipinski definition) is 2. The summed E-state index contributed by atoms with van der Waals surface area (Å²) in [6.07, 6.45) is 8.63. The Labute approximate surface area is 152 Å². The fourth-order valence-electron chi connectivity index (χ4n) is 4.02. The topological polar surface area (TPSA) is 81.8 Å². The molecule has 4 rings (SSSR count). The van der Waals surface area contributed by atoms with Crippen molar-refractivity contribution in [2.45, 2.75) is 38.1 Å². The van der Waals surface area contributed by atoms with Crippen molar-refractivity contribution in [3.05, 3.63) is 64.4 Å². The van der Waals surface area contributed by atoms with Gasteiger partial charge in [-0.25, -0.2) is 9.89 Å². The molecule has 2 atom stereocenters. The van der Waals surface area contributed by atoms with Crippen LogP contribution in [-0.4, -0.2) is 32.5 Å². The van der Waals surface area contributed by atoms with E-state index in [-0.39, 0.29) is 17.6 Å². The Kier molecular flexibility index (Phi) is 4.73. The average molecular weight is 352 g/mol. The molecule has 2 heterocycles. The molecule has 2 fully saturated rings. The maximum absolute atomic E-state index is 12.8. The molecule has 0 spiro atoms. The van der Waals surface area contributed by atoms with Crippen LogP contribution in [0, 0.1) is 11.8 Å². The highest BCUT2D eigenvalue weighted by atomic mass is 16.2. The van der Waals surface area contributed by atoms with E-state index in [1.807, 2.05) is 35.3 Å². The molecule has 1 aromatic heterocycles. The normalized spacial score (nSPS) is 23.0. The van der Waals surface area contributed by atoms with Crippen LogP contribution in [0.25, 0.3) is 0 Å². The van der Waals surface area contributed by atoms with Gasteiger partial charge in [-0.1, -0.05) is 42.5 Å². The predicted octanol–water partition coefficient (Wildman–Crippen LogP) is 2.59. The summed E-state index contributed by atoms with van der Waals surface area (Å²) in [6.45, 7) is 0.742. The molecular weight excluding hydrogens is 328 g/mol. The Balaban J connectivity index is 1.41. The number of nitrogens with zero attached hydrogens (tertiary/aromatic N) is 2. The van der Waals surface area contributed by atoms with Crippen LogP contribution in [0.5, 0.6) is 0 Å². The predicted molar refractivity (Wildman–Crippen MR) is 98.4 cm³/mol. The summed E-state index contributed by atoms with van der Waals surface area (Å²) >= 11 is 0. The van der Waals surface area contributed by atoms with Crippen molar-refractivity contribution in [3.63, 3.8) is 0 Å². The third kappa shape index (κ3) is 3.64. The summed E-state index contributed by atoms with van der Waals surface area (Å²) in [5.74, 6) is 1.77. The van der Waals surface area contributed by atoms with Gasteiger partial charge in [0.15, 0.2) is 5.82 Å². The molecular formula is C20H24N4O2. The van der Waals surface area contributed by atoms with Gasteiger partial charge in [-0.15, -0.1) is 0 Å². The number of H-pyrrole nitrogens is 2. The zero-order chi connectivity index (χ0) is 17.9. The lowest BCUT2D eigenvalue weighted by atomic mass is 9.94. The van der Waals surface area contributed by atoms with E-state index in [9.17, 15) is 9.59 Å². The van der Waals surface area contributed by atoms with E-state index in [1.165, 1.54) is 18.4 Å². The zero-order valence-corrected chi connectivity index (χ0v) is 14.7. The van der Waals surface area contributed by atoms with Crippen LogP contribution in [0.2, 0.25) is 0 Å². The molecule has 136 valence electrons. The standard InChI is InChI=1S/C20H24N4O2/c25-17(9-5-4-8-14-6-2-1-3-7-14)24-13-12-16(15-10-11-15)18(24)19-21-20(26)23-22-19/h1-7,15-16,18H,8-13H2,(H2,21,22,23,26)/b5-4+. The van der Waals surface area contributed by atoms with Crippen molar-refractivity contribution in [2.24, 2.45) is 11.8 Å². The summed E-state index contributed by atoms with van der Waals surface area (Å²) in [4.78, 5) is 28.9. The smallest absolute Gasteiger partial charge is 0.332 e. The van der Waals surface area contributed by atoms with Crippen molar-refractivity contribution in [3.8, 4) is 0 Å². The summed E-state index contributed by atoms with van der Waals surface area (Å²) in [5.41, 5.74) is 0.926. The van der Waals surface area contributed by atoms with E-state index in [0.29, 0.717) is 24.1 Å². The number of aromatic amines is 2. The van der Waals surface area contributed by atoms with Gasteiger partial charge >= 0.3 is 5.69 Å². The van der Waals surface area contributed by atoms with Gasteiger partial charge in [0.1, 0.15) is 0 Å². The highest BCUT2D eigenvalue weighted by molar-refractivity contribution is 5.78. The number of aromatic nitrogens is 3. The first-order valence-corrected chi connectivity index (χ1v) is 9.35. The minimum Gasteiger partial charge on any atom is -0.332 e. The highest BCUT2D eigenvalue weighted by Crippen LogP contribution is 2.49. The third-order valence-electron chi connectivity index (χ3n) is 5.45. The molecule has 0 radical (unpaired) electrons. The first kappa shape index (κ1) is 16.8. The Bertz CT molecular complexity index is 835. The molecule has 1 aromatic carbocycles. The minimum absolute atomic E-state index is 0.100. The van der Waals surface area contributed by atoms with E-state index >= 15 is 0 Å². The van der Waals surface area contributed by atoms with Crippen molar-refractivity contribution in [1.29, 1.82) is 0 Å². The van der Waals surface area contributed by atoms with Gasteiger partial charge in [-0.2, -0.15) is 5.10 Å². The van der Waals surface area contributed by atoms with Gasteiger partial charge in [0.05, 0.1) is 6.04 Å². The van der Waals surface area contributed by atoms with E-state index in [0.717, 1.165) is 19.4 Å². The second-order valence-electron chi connectivity index (χ2n) is 7.25. The molecule has 6 heteroatoms. The molecule has 1 aliphatic carbocycles. The molecule has 1 saturated carbocycles. The Morgan fingerprint density at radius 2 is 2.00 bits per heavy atom. The van der Waals surface area contributed by atoms with E-state index in [2.05, 4.69) is 27.3 Å². The number of carbonyl (C=O) groups is 1. The first-order chi connectivity index (χ1) is 12.7. The molecule has 2 aliphatic rings. The third-order valence-corrected chi connectivity index (χ3v) is 5.45. The quantitative estimate of drug-likeness (QED) is 0.784. The van der Waals surface area contributed by atoms with Crippen molar-refractivity contribution in [1.82, 2.24) is 20.1 Å². The number of benzene rings is 1. The number of carbonyl (C=O) groups excluding carboxylic acids is 1. The molecule has 26 heavy (non-hydrogen) atoms. The lowest BCUT2D eigenvalue weighted by Gasteiger charge is -2.26. The molecule has 6 nitrogen and oxygen atoms in total. The molecule has 1 amide bonds. The second kappa shape index (κ2) is 7.32. The van der Waals surface area contributed by atoms with Crippen LogP contribution >= 0.6 is 0 Å². The Morgan fingerprint density at radius 3 is 2.69 bits per heavy atom. The first-order valence-electron chi connectivity index (χ1n) is 9.35. The molecule has 2 N–H and O–H groups in total. The Morgan fingerprint density at radius 1 is 1.19 bits per heavy atom. The summed E-state index contributed by atoms with van der Waals surface area (Å²) in [6, 6.07) is 10.1. The van der Waals surface area contributed by atoms with Crippen LogP contribution in [0.3, 0.4) is 0 Å². The maximum Gasteiger partial charge on any atom is 0.340 e. The van der Waals surface area contributed by atoms with Gasteiger partial charge in [0.2, 0.25) is 5.91 Å². The van der Waals surface area contributed by atoms with Gasteiger partial charge < -0.3 is 4.90 Å². The monoisotopic (exact) mass is 352 g/mol. The molecule has 2 unspecified atom stereocenters. The van der Waals surface area contributed by atoms with Crippen molar-refractivity contribution >= 4 is 5.91 Å². The average Bonchev–Trinajstić information content (AvgIpc) is 3.26. The van der Waals surface area contributed by atoms with Gasteiger partial charge in [-0.3, -0.25) is 9.78 Å². The molecule has 1 aliphatic heterocycles. The molecule has 0 bridgehead atoms. The lowest BCUT2D eigenvalue weighted by Crippen LogP contribution is -2.33. The van der Waals surface area contributed by atoms with Crippen molar-refractivity contribution < 1.29 is 4.79 Å². The number of likely N-dealkylation sites (tertiary alicyclic amines) is 1. The van der Waals surface area contributed by atoms with Crippen LogP contribution in [0.15, 0.2) is 47.3 Å². The van der Waals surface area contributed by atoms with Crippen LogP contribution in [0.4, 0.5) is 0 Å². The van der Waals surface area contributed by atoms with Gasteiger partial charge in [-0.05, 0) is 43.1 Å². The number of amides is 1. The van der Waals surface area contributed by atoms with Gasteiger partial charge in [0.25, 0.3) is 0 Å². The Hall–Kier alpha value is -2.63. The van der Waals surface area contributed by atoms with E-state index in [1.54, 1.807) is 0 Å². The second-order valence-corrected chi connectivity index (χ2v) is 7.25. The summed E-state index contributed by atoms with van der Waals surface area (Å²) in [5, 5.41) is 6.56. The lowest BCUT2D eigenvalue weighted by molar-refractivity contribution is -0.131. The van der Waals surface area contributed by atoms with Crippen molar-refractivity contribution in [2.75, 3.05) is 6.54 Å². The summed E-state index contributed by atoms with van der Waals surface area (Å²) < 4.78 is 0. The molecule has 1 saturated heterocycles. The van der Waals surface area contributed by atoms with E-state index in [4.69, 9.17) is 0 Å². The van der Waals surface area contributed by atoms with Crippen LogP contribution in [0.1, 0.15) is 43.1 Å². The summed E-state index contributed by atoms with van der Waals surface area (Å²) in [7, 11) is 0. The van der Waals surface area contributed by atoms with E-state index < -0.39 is 0 Å². The van der Waals surface area contributed by atoms with Crippen LogP contribution in [-0.2, 0) is 11.2 Å². The highest BCUT2D eigenvalue weighted by Gasteiger charge is 2.46. The minimum atomic E-state index is -0.309. The van der Waals surface area contributed by atoms with Crippen LogP contribution < -0.4 is 5.69 Å². The van der Waals surface area contributed by atoms with Gasteiger partial charge in [0, 0.05) is 13.0 Å². The number of allylic oxidation sites excluding steroid dienone is 1. The maximum atomic E-state index is 12.8. The SMILES string of the molecule is O=C(C/C=C/Cc1ccccc1)N1CCC(C2CC2)C1c1n[nH]c(=O)[nH]1. The fraction of sp³-hybridized carbons (Fsp3) is 0.450. The largest absolute Gasteiger partial charge is 0.340 e. The number of hydrogen-bond acceptors (Lipinski definition) is 3. The number of nitrogens with one attached hydrogen (secondary N) is 2. The fourth-order valence-corrected chi connectivity index (χ4v) is 4.02. The zero-order valence-electron chi connectivity index (χ0n) is 14.7. The molecule has 2 aromatic rings. The number of rotatable bonds is 6.